The molecule has 1 aromatic carbocycles. The molecule has 6 heteroatoms. The van der Waals surface area contributed by atoms with E-state index in [1.807, 2.05) is 12.1 Å². The maximum absolute atomic E-state index is 12.0. The highest BCUT2D eigenvalue weighted by Gasteiger charge is 2.27. The minimum absolute atomic E-state index is 0.0148. The first-order valence-corrected chi connectivity index (χ1v) is 7.03. The second-order valence-electron chi connectivity index (χ2n) is 5.64. The second kappa shape index (κ2) is 6.91. The van der Waals surface area contributed by atoms with E-state index in [1.54, 1.807) is 6.07 Å². The van der Waals surface area contributed by atoms with Crippen LogP contribution in [0.4, 0.5) is 13.2 Å². The molecule has 0 aliphatic rings. The van der Waals surface area contributed by atoms with Crippen LogP contribution >= 0.6 is 15.9 Å². The molecule has 0 unspecified atom stereocenters. The average molecular weight is 354 g/mol. The van der Waals surface area contributed by atoms with Crippen molar-refractivity contribution >= 4 is 15.9 Å². The zero-order valence-electron chi connectivity index (χ0n) is 11.8. The third-order valence-corrected chi connectivity index (χ3v) is 3.20. The summed E-state index contributed by atoms with van der Waals surface area (Å²) in [6.07, 6.45) is -4.29. The van der Waals surface area contributed by atoms with Gasteiger partial charge in [-0.2, -0.15) is 13.2 Å². The van der Waals surface area contributed by atoms with Gasteiger partial charge in [-0.1, -0.05) is 28.1 Å². The molecule has 0 aliphatic carbocycles. The molecule has 0 spiro atoms. The Morgan fingerprint density at radius 1 is 1.20 bits per heavy atom. The Balaban J connectivity index is 2.55. The van der Waals surface area contributed by atoms with Crippen molar-refractivity contribution in [2.24, 2.45) is 0 Å². The Kier molecular flexibility index (Phi) is 6.04. The topological polar surface area (TPSA) is 21.3 Å². The van der Waals surface area contributed by atoms with Gasteiger partial charge in [-0.3, -0.25) is 0 Å². The number of nitrogens with one attached hydrogen (secondary N) is 1. The summed E-state index contributed by atoms with van der Waals surface area (Å²) in [6.45, 7) is 5.62. The molecule has 114 valence electrons. The van der Waals surface area contributed by atoms with Gasteiger partial charge in [0.15, 0.2) is 0 Å². The Labute approximate surface area is 125 Å². The molecular formula is C14H19BrF3NO. The van der Waals surface area contributed by atoms with Crippen LogP contribution < -0.4 is 5.32 Å². The van der Waals surface area contributed by atoms with Crippen molar-refractivity contribution in [3.8, 4) is 0 Å². The molecule has 0 aromatic heterocycles. The summed E-state index contributed by atoms with van der Waals surface area (Å²) in [4.78, 5) is 0. The van der Waals surface area contributed by atoms with Crippen molar-refractivity contribution in [3.63, 3.8) is 0 Å². The molecule has 1 rings (SSSR count). The molecule has 0 heterocycles. The van der Waals surface area contributed by atoms with E-state index < -0.39 is 12.8 Å². The van der Waals surface area contributed by atoms with Crippen molar-refractivity contribution < 1.29 is 17.9 Å². The molecule has 0 radical (unpaired) electrons. The van der Waals surface area contributed by atoms with Crippen molar-refractivity contribution in [3.05, 3.63) is 33.8 Å². The summed E-state index contributed by atoms with van der Waals surface area (Å²) in [5.41, 5.74) is 1.78. The van der Waals surface area contributed by atoms with Crippen LogP contribution in [0.2, 0.25) is 0 Å². The van der Waals surface area contributed by atoms with Gasteiger partial charge in [-0.05, 0) is 38.0 Å². The van der Waals surface area contributed by atoms with E-state index in [0.717, 1.165) is 10.0 Å². The molecule has 0 amide bonds. The lowest BCUT2D eigenvalue weighted by Crippen LogP contribution is -2.35. The van der Waals surface area contributed by atoms with Gasteiger partial charge in [0.2, 0.25) is 0 Å². The van der Waals surface area contributed by atoms with E-state index in [-0.39, 0.29) is 12.1 Å². The molecule has 0 fully saturated rings. The number of rotatable bonds is 5. The summed E-state index contributed by atoms with van der Waals surface area (Å²) in [5, 5.41) is 3.35. The maximum Gasteiger partial charge on any atom is 0.411 e. The van der Waals surface area contributed by atoms with E-state index in [2.05, 4.69) is 46.8 Å². The summed E-state index contributed by atoms with van der Waals surface area (Å²) in [5.74, 6) is 0. The average Bonchev–Trinajstić information content (AvgIpc) is 2.26. The van der Waals surface area contributed by atoms with Crippen LogP contribution in [0.15, 0.2) is 22.7 Å². The molecule has 0 aliphatic heterocycles. The van der Waals surface area contributed by atoms with Crippen molar-refractivity contribution in [1.82, 2.24) is 5.32 Å². The predicted octanol–water partition coefficient (Wildman–Crippen LogP) is 4.42. The Morgan fingerprint density at radius 3 is 2.35 bits per heavy atom. The fourth-order valence-electron chi connectivity index (χ4n) is 1.46. The molecular weight excluding hydrogens is 335 g/mol. The van der Waals surface area contributed by atoms with E-state index in [9.17, 15) is 13.2 Å². The van der Waals surface area contributed by atoms with Crippen LogP contribution in [0, 0.1) is 0 Å². The number of ether oxygens (including phenoxy) is 1. The van der Waals surface area contributed by atoms with Gasteiger partial charge in [0.1, 0.15) is 6.61 Å². The summed E-state index contributed by atoms with van der Waals surface area (Å²) >= 11 is 3.36. The Hall–Kier alpha value is -0.590. The third kappa shape index (κ3) is 7.26. The van der Waals surface area contributed by atoms with Crippen LogP contribution in [-0.2, 0) is 17.9 Å². The van der Waals surface area contributed by atoms with Crippen LogP contribution in [-0.4, -0.2) is 18.3 Å². The molecule has 0 saturated heterocycles. The first-order chi connectivity index (χ1) is 9.07. The highest BCUT2D eigenvalue weighted by atomic mass is 79.9. The number of alkyl halides is 3. The first kappa shape index (κ1) is 17.5. The number of hydrogen-bond acceptors (Lipinski definition) is 2. The summed E-state index contributed by atoms with van der Waals surface area (Å²) in [7, 11) is 0. The van der Waals surface area contributed by atoms with Crippen molar-refractivity contribution in [2.45, 2.75) is 45.6 Å². The molecule has 20 heavy (non-hydrogen) atoms. The third-order valence-electron chi connectivity index (χ3n) is 2.46. The molecule has 2 nitrogen and oxygen atoms in total. The zero-order chi connectivity index (χ0) is 15.4. The maximum atomic E-state index is 12.0. The fraction of sp³-hybridized carbons (Fsp3) is 0.571. The van der Waals surface area contributed by atoms with Crippen LogP contribution in [0.1, 0.15) is 31.9 Å². The van der Waals surface area contributed by atoms with Gasteiger partial charge in [0.25, 0.3) is 0 Å². The Bertz CT molecular complexity index is 441. The predicted molar refractivity (Wildman–Crippen MR) is 76.4 cm³/mol. The fourth-order valence-corrected chi connectivity index (χ4v) is 2.00. The minimum atomic E-state index is -4.29. The lowest BCUT2D eigenvalue weighted by molar-refractivity contribution is -0.176. The number of halogens is 4. The van der Waals surface area contributed by atoms with Gasteiger partial charge < -0.3 is 10.1 Å². The largest absolute Gasteiger partial charge is 0.411 e. The molecule has 0 bridgehead atoms. The monoisotopic (exact) mass is 353 g/mol. The second-order valence-corrected chi connectivity index (χ2v) is 6.49. The molecule has 0 saturated carbocycles. The van der Waals surface area contributed by atoms with Crippen molar-refractivity contribution in [1.29, 1.82) is 0 Å². The minimum Gasteiger partial charge on any atom is -0.367 e. The first-order valence-electron chi connectivity index (χ1n) is 6.24. The normalized spacial score (nSPS) is 12.8. The SMILES string of the molecule is CC(C)(C)NCc1ccc(COCC(F)(F)F)c(Br)c1. The van der Waals surface area contributed by atoms with E-state index in [1.165, 1.54) is 0 Å². The van der Waals surface area contributed by atoms with Gasteiger partial charge in [-0.15, -0.1) is 0 Å². The number of benzene rings is 1. The lowest BCUT2D eigenvalue weighted by atomic mass is 10.1. The highest BCUT2D eigenvalue weighted by molar-refractivity contribution is 9.10. The summed E-state index contributed by atoms with van der Waals surface area (Å²) in [6, 6.07) is 5.56. The van der Waals surface area contributed by atoms with Crippen LogP contribution in [0.25, 0.3) is 0 Å². The van der Waals surface area contributed by atoms with Gasteiger partial charge in [0.05, 0.1) is 6.61 Å². The van der Waals surface area contributed by atoms with Crippen LogP contribution in [0.5, 0.6) is 0 Å². The summed E-state index contributed by atoms with van der Waals surface area (Å²) < 4.78 is 41.4. The molecule has 1 aromatic rings. The van der Waals surface area contributed by atoms with Crippen molar-refractivity contribution in [2.75, 3.05) is 6.61 Å². The zero-order valence-corrected chi connectivity index (χ0v) is 13.4. The smallest absolute Gasteiger partial charge is 0.367 e. The van der Waals surface area contributed by atoms with Gasteiger partial charge >= 0.3 is 6.18 Å². The lowest BCUT2D eigenvalue weighted by Gasteiger charge is -2.20. The molecule has 1 N–H and O–H groups in total. The standard InChI is InChI=1S/C14H19BrF3NO/c1-13(2,3)19-7-10-4-5-11(12(15)6-10)8-20-9-14(16,17)18/h4-6,19H,7-9H2,1-3H3. The van der Waals surface area contributed by atoms with E-state index in [4.69, 9.17) is 0 Å². The quantitative estimate of drug-likeness (QED) is 0.846. The van der Waals surface area contributed by atoms with Gasteiger partial charge in [-0.25, -0.2) is 0 Å². The Morgan fingerprint density at radius 2 is 1.85 bits per heavy atom. The number of hydrogen-bond donors (Lipinski definition) is 1. The molecule has 0 atom stereocenters. The van der Waals surface area contributed by atoms with E-state index >= 15 is 0 Å². The van der Waals surface area contributed by atoms with Crippen LogP contribution in [0.3, 0.4) is 0 Å². The van der Waals surface area contributed by atoms with E-state index in [0.29, 0.717) is 12.1 Å². The highest BCUT2D eigenvalue weighted by Crippen LogP contribution is 2.21. The van der Waals surface area contributed by atoms with Gasteiger partial charge in [0, 0.05) is 16.6 Å².